The first-order valence-corrected chi connectivity index (χ1v) is 9.69. The van der Waals surface area contributed by atoms with E-state index in [-0.39, 0.29) is 18.3 Å². The van der Waals surface area contributed by atoms with Gasteiger partial charge in [0.05, 0.1) is 19.9 Å². The highest BCUT2D eigenvalue weighted by Crippen LogP contribution is 2.29. The number of carbonyl (C=O) groups excluding carboxylic acids is 1. The molecular formula is C23H22N2O7. The largest absolute Gasteiger partial charge is 0.497 e. The molecule has 0 aliphatic rings. The van der Waals surface area contributed by atoms with Gasteiger partial charge in [-0.3, -0.25) is 4.79 Å². The van der Waals surface area contributed by atoms with Gasteiger partial charge in [0.1, 0.15) is 18.1 Å². The van der Waals surface area contributed by atoms with Crippen LogP contribution in [0.2, 0.25) is 0 Å². The minimum Gasteiger partial charge on any atom is -0.497 e. The first-order valence-electron chi connectivity index (χ1n) is 9.69. The molecule has 9 heteroatoms. The smallest absolute Gasteiger partial charge is 0.371 e. The summed E-state index contributed by atoms with van der Waals surface area (Å²) in [6.45, 7) is 2.29. The molecule has 0 spiro atoms. The van der Waals surface area contributed by atoms with Crippen LogP contribution in [0.1, 0.15) is 39.2 Å². The molecule has 3 aromatic rings. The normalized spacial score (nSPS) is 10.7. The van der Waals surface area contributed by atoms with Crippen molar-refractivity contribution in [2.45, 2.75) is 13.5 Å². The van der Waals surface area contributed by atoms with Crippen LogP contribution in [0.25, 0.3) is 0 Å². The lowest BCUT2D eigenvalue weighted by Crippen LogP contribution is -2.17. The number of amides is 1. The van der Waals surface area contributed by atoms with Gasteiger partial charge in [-0.15, -0.1) is 0 Å². The highest BCUT2D eigenvalue weighted by atomic mass is 16.5. The third kappa shape index (κ3) is 5.88. The fourth-order valence-electron chi connectivity index (χ4n) is 2.68. The van der Waals surface area contributed by atoms with Gasteiger partial charge in [-0.05, 0) is 67.1 Å². The zero-order valence-electron chi connectivity index (χ0n) is 17.5. The fourth-order valence-corrected chi connectivity index (χ4v) is 2.68. The first kappa shape index (κ1) is 22.4. The molecule has 0 bridgehead atoms. The summed E-state index contributed by atoms with van der Waals surface area (Å²) in [6.07, 6.45) is 1.49. The lowest BCUT2D eigenvalue weighted by molar-refractivity contribution is 0.0657. The highest BCUT2D eigenvalue weighted by molar-refractivity contribution is 5.95. The van der Waals surface area contributed by atoms with Crippen molar-refractivity contribution < 1.29 is 33.3 Å². The van der Waals surface area contributed by atoms with Crippen molar-refractivity contribution in [1.82, 2.24) is 5.43 Å². The molecule has 0 saturated heterocycles. The standard InChI is InChI=1S/C23H22N2O7/c1-3-30-21-12-15(13-24-25-22(26)16-5-7-17(29-2)8-6-16)4-10-19(21)31-14-18-9-11-20(32-18)23(27)28/h4-13H,3,14H2,1-2H3,(H,25,26)(H,27,28). The number of carboxylic acid groups (broad SMARTS) is 1. The molecule has 0 aliphatic carbocycles. The average Bonchev–Trinajstić information content (AvgIpc) is 3.28. The molecule has 166 valence electrons. The zero-order chi connectivity index (χ0) is 22.9. The molecule has 1 amide bonds. The Morgan fingerprint density at radius 1 is 1.06 bits per heavy atom. The predicted molar refractivity (Wildman–Crippen MR) is 116 cm³/mol. The molecule has 1 heterocycles. The van der Waals surface area contributed by atoms with Gasteiger partial charge in [-0.1, -0.05) is 0 Å². The Labute approximate surface area is 184 Å². The SMILES string of the molecule is CCOc1cc(C=NNC(=O)c2ccc(OC)cc2)ccc1OCc1ccc(C(=O)O)o1. The molecule has 0 radical (unpaired) electrons. The van der Waals surface area contributed by atoms with Crippen molar-refractivity contribution >= 4 is 18.1 Å². The summed E-state index contributed by atoms with van der Waals surface area (Å²) in [4.78, 5) is 23.1. The summed E-state index contributed by atoms with van der Waals surface area (Å²) in [6, 6.07) is 14.7. The van der Waals surface area contributed by atoms with Crippen LogP contribution in [-0.2, 0) is 6.61 Å². The van der Waals surface area contributed by atoms with E-state index < -0.39 is 5.97 Å². The van der Waals surface area contributed by atoms with Crippen molar-refractivity contribution in [3.05, 3.63) is 77.2 Å². The van der Waals surface area contributed by atoms with Gasteiger partial charge in [0, 0.05) is 5.56 Å². The Morgan fingerprint density at radius 2 is 1.84 bits per heavy atom. The number of aromatic carboxylic acids is 1. The number of hydrazone groups is 1. The van der Waals surface area contributed by atoms with E-state index in [2.05, 4.69) is 10.5 Å². The third-order valence-electron chi connectivity index (χ3n) is 4.24. The number of nitrogens with zero attached hydrogens (tertiary/aromatic N) is 1. The van der Waals surface area contributed by atoms with Gasteiger partial charge >= 0.3 is 5.97 Å². The van der Waals surface area contributed by atoms with E-state index in [0.717, 1.165) is 0 Å². The van der Waals surface area contributed by atoms with Crippen molar-refractivity contribution in [2.75, 3.05) is 13.7 Å². The monoisotopic (exact) mass is 438 g/mol. The first-order chi connectivity index (χ1) is 15.5. The van der Waals surface area contributed by atoms with Gasteiger partial charge in [-0.2, -0.15) is 5.10 Å². The Morgan fingerprint density at radius 3 is 2.50 bits per heavy atom. The van der Waals surface area contributed by atoms with Crippen molar-refractivity contribution in [2.24, 2.45) is 5.10 Å². The molecular weight excluding hydrogens is 416 g/mol. The van der Waals surface area contributed by atoms with Crippen LogP contribution in [0.15, 0.2) is 64.1 Å². The van der Waals surface area contributed by atoms with Crippen molar-refractivity contribution in [3.8, 4) is 17.2 Å². The van der Waals surface area contributed by atoms with Crippen LogP contribution in [0.3, 0.4) is 0 Å². The number of carbonyl (C=O) groups is 2. The molecule has 0 aliphatic heterocycles. The number of rotatable bonds is 10. The van der Waals surface area contributed by atoms with E-state index in [9.17, 15) is 9.59 Å². The molecule has 32 heavy (non-hydrogen) atoms. The summed E-state index contributed by atoms with van der Waals surface area (Å²) < 4.78 is 21.6. The number of methoxy groups -OCH3 is 1. The van der Waals surface area contributed by atoms with E-state index in [0.29, 0.717) is 40.7 Å². The third-order valence-corrected chi connectivity index (χ3v) is 4.24. The number of furan rings is 1. The second-order valence-electron chi connectivity index (χ2n) is 6.43. The Hall–Kier alpha value is -4.27. The molecule has 0 unspecified atom stereocenters. The summed E-state index contributed by atoms with van der Waals surface area (Å²) in [5.41, 5.74) is 3.60. The van der Waals surface area contributed by atoms with E-state index in [1.165, 1.54) is 18.3 Å². The fraction of sp³-hybridized carbons (Fsp3) is 0.174. The predicted octanol–water partition coefficient (Wildman–Crippen LogP) is 3.73. The molecule has 0 atom stereocenters. The lowest BCUT2D eigenvalue weighted by atomic mass is 10.2. The Balaban J connectivity index is 1.63. The number of carboxylic acids is 1. The second-order valence-corrected chi connectivity index (χ2v) is 6.43. The van der Waals surface area contributed by atoms with E-state index in [1.807, 2.05) is 6.92 Å². The molecule has 3 rings (SSSR count). The molecule has 0 fully saturated rings. The maximum Gasteiger partial charge on any atom is 0.371 e. The second kappa shape index (κ2) is 10.7. The van der Waals surface area contributed by atoms with Crippen LogP contribution < -0.4 is 19.6 Å². The van der Waals surface area contributed by atoms with Crippen molar-refractivity contribution in [1.29, 1.82) is 0 Å². The van der Waals surface area contributed by atoms with Crippen LogP contribution in [0.5, 0.6) is 17.2 Å². The quantitative estimate of drug-likeness (QED) is 0.366. The Kier molecular flexibility index (Phi) is 7.47. The van der Waals surface area contributed by atoms with Crippen LogP contribution in [0.4, 0.5) is 0 Å². The Bertz CT molecular complexity index is 1100. The van der Waals surface area contributed by atoms with Gasteiger partial charge in [0.25, 0.3) is 5.91 Å². The molecule has 2 N–H and O–H groups in total. The number of benzene rings is 2. The van der Waals surface area contributed by atoms with Gasteiger partial charge in [-0.25, -0.2) is 10.2 Å². The molecule has 1 aromatic heterocycles. The number of hydrogen-bond donors (Lipinski definition) is 2. The van der Waals surface area contributed by atoms with Crippen LogP contribution in [0, 0.1) is 0 Å². The van der Waals surface area contributed by atoms with Crippen LogP contribution >= 0.6 is 0 Å². The van der Waals surface area contributed by atoms with Gasteiger partial charge in [0.15, 0.2) is 11.5 Å². The minimum atomic E-state index is -1.14. The van der Waals surface area contributed by atoms with E-state index >= 15 is 0 Å². The maximum atomic E-state index is 12.2. The lowest BCUT2D eigenvalue weighted by Gasteiger charge is -2.11. The molecule has 2 aromatic carbocycles. The van der Waals surface area contributed by atoms with Crippen LogP contribution in [-0.4, -0.2) is 36.9 Å². The summed E-state index contributed by atoms with van der Waals surface area (Å²) in [5, 5.41) is 12.9. The topological polar surface area (TPSA) is 120 Å². The zero-order valence-corrected chi connectivity index (χ0v) is 17.5. The average molecular weight is 438 g/mol. The number of hydrogen-bond acceptors (Lipinski definition) is 7. The maximum absolute atomic E-state index is 12.2. The molecule has 0 saturated carbocycles. The highest BCUT2D eigenvalue weighted by Gasteiger charge is 2.11. The number of ether oxygens (including phenoxy) is 3. The molecule has 9 nitrogen and oxygen atoms in total. The van der Waals surface area contributed by atoms with Gasteiger partial charge in [0.2, 0.25) is 5.76 Å². The summed E-state index contributed by atoms with van der Waals surface area (Å²) in [5.74, 6) is 0.309. The summed E-state index contributed by atoms with van der Waals surface area (Å²) in [7, 11) is 1.55. The minimum absolute atomic E-state index is 0.0404. The van der Waals surface area contributed by atoms with E-state index in [4.69, 9.17) is 23.7 Å². The van der Waals surface area contributed by atoms with Gasteiger partial charge < -0.3 is 23.7 Å². The van der Waals surface area contributed by atoms with Crippen molar-refractivity contribution in [3.63, 3.8) is 0 Å². The van der Waals surface area contributed by atoms with E-state index in [1.54, 1.807) is 49.6 Å². The summed E-state index contributed by atoms with van der Waals surface area (Å²) >= 11 is 0. The number of nitrogens with one attached hydrogen (secondary N) is 1.